The minimum absolute atomic E-state index is 0.0865. The summed E-state index contributed by atoms with van der Waals surface area (Å²) in [5.41, 5.74) is 3.44. The van der Waals surface area contributed by atoms with Gasteiger partial charge in [0.1, 0.15) is 0 Å². The molecule has 2 rings (SSSR count). The van der Waals surface area contributed by atoms with Crippen molar-refractivity contribution in [2.24, 2.45) is 0 Å². The average molecular weight is 272 g/mol. The van der Waals surface area contributed by atoms with Gasteiger partial charge in [0.15, 0.2) is 0 Å². The molecule has 20 heavy (non-hydrogen) atoms. The smallest absolute Gasteiger partial charge is 0.0969 e. The highest BCUT2D eigenvalue weighted by molar-refractivity contribution is 5.44. The summed E-state index contributed by atoms with van der Waals surface area (Å²) < 4.78 is 1.88. The van der Waals surface area contributed by atoms with Crippen molar-refractivity contribution in [1.82, 2.24) is 20.3 Å². The monoisotopic (exact) mass is 272 g/mol. The van der Waals surface area contributed by atoms with E-state index < -0.39 is 0 Å². The highest BCUT2D eigenvalue weighted by atomic mass is 15.4. The van der Waals surface area contributed by atoms with E-state index in [0.29, 0.717) is 0 Å². The SMILES string of the molecule is CCCNCc1cn(-c2ccccc2C(C)(C)C)nn1. The molecule has 0 saturated heterocycles. The minimum Gasteiger partial charge on any atom is -0.311 e. The molecule has 0 aliphatic heterocycles. The summed E-state index contributed by atoms with van der Waals surface area (Å²) >= 11 is 0. The molecule has 4 nitrogen and oxygen atoms in total. The van der Waals surface area contributed by atoms with E-state index in [4.69, 9.17) is 0 Å². The molecule has 1 aromatic heterocycles. The van der Waals surface area contributed by atoms with Crippen LogP contribution in [0.15, 0.2) is 30.5 Å². The predicted octanol–water partition coefficient (Wildman–Crippen LogP) is 3.06. The number of benzene rings is 1. The van der Waals surface area contributed by atoms with Gasteiger partial charge in [-0.1, -0.05) is 51.1 Å². The maximum atomic E-state index is 4.27. The Morgan fingerprint density at radius 1 is 1.20 bits per heavy atom. The molecule has 4 heteroatoms. The Labute approximate surface area is 121 Å². The molecule has 1 heterocycles. The second-order valence-electron chi connectivity index (χ2n) is 6.10. The lowest BCUT2D eigenvalue weighted by Gasteiger charge is -2.22. The van der Waals surface area contributed by atoms with Crippen LogP contribution in [0.3, 0.4) is 0 Å². The van der Waals surface area contributed by atoms with E-state index in [9.17, 15) is 0 Å². The molecule has 1 N–H and O–H groups in total. The van der Waals surface area contributed by atoms with Crippen molar-refractivity contribution in [2.45, 2.75) is 46.1 Å². The number of rotatable bonds is 5. The fraction of sp³-hybridized carbons (Fsp3) is 0.500. The summed E-state index contributed by atoms with van der Waals surface area (Å²) in [5.74, 6) is 0. The molecule has 0 radical (unpaired) electrons. The average Bonchev–Trinajstić information content (AvgIpc) is 2.87. The molecule has 0 bridgehead atoms. The maximum absolute atomic E-state index is 4.27. The van der Waals surface area contributed by atoms with Gasteiger partial charge >= 0.3 is 0 Å². The highest BCUT2D eigenvalue weighted by Gasteiger charge is 2.19. The fourth-order valence-electron chi connectivity index (χ4n) is 2.20. The minimum atomic E-state index is 0.0865. The van der Waals surface area contributed by atoms with Gasteiger partial charge in [0.2, 0.25) is 0 Å². The largest absolute Gasteiger partial charge is 0.311 e. The number of para-hydroxylation sites is 1. The first kappa shape index (κ1) is 14.7. The third-order valence-electron chi connectivity index (χ3n) is 3.23. The molecule has 0 aliphatic carbocycles. The lowest BCUT2D eigenvalue weighted by molar-refractivity contribution is 0.582. The molecule has 0 aliphatic rings. The van der Waals surface area contributed by atoms with Crippen molar-refractivity contribution in [2.75, 3.05) is 6.54 Å². The first-order valence-electron chi connectivity index (χ1n) is 7.24. The number of hydrogen-bond donors (Lipinski definition) is 1. The zero-order valence-electron chi connectivity index (χ0n) is 12.8. The molecule has 1 aromatic carbocycles. The first-order chi connectivity index (χ1) is 9.52. The molecule has 0 atom stereocenters. The van der Waals surface area contributed by atoms with Crippen LogP contribution in [0.2, 0.25) is 0 Å². The van der Waals surface area contributed by atoms with Crippen LogP contribution >= 0.6 is 0 Å². The van der Waals surface area contributed by atoms with Crippen molar-refractivity contribution in [3.05, 3.63) is 41.7 Å². The second kappa shape index (κ2) is 6.18. The van der Waals surface area contributed by atoms with Gasteiger partial charge in [-0.15, -0.1) is 5.10 Å². The normalized spacial score (nSPS) is 11.8. The number of nitrogens with zero attached hydrogens (tertiary/aromatic N) is 3. The van der Waals surface area contributed by atoms with E-state index in [0.717, 1.165) is 30.9 Å². The Balaban J connectivity index is 2.24. The van der Waals surface area contributed by atoms with Crippen molar-refractivity contribution in [1.29, 1.82) is 0 Å². The molecular weight excluding hydrogens is 248 g/mol. The van der Waals surface area contributed by atoms with Gasteiger partial charge in [-0.3, -0.25) is 0 Å². The number of hydrogen-bond acceptors (Lipinski definition) is 3. The van der Waals surface area contributed by atoms with Gasteiger partial charge in [-0.05, 0) is 30.0 Å². The third kappa shape index (κ3) is 3.45. The second-order valence-corrected chi connectivity index (χ2v) is 6.10. The molecular formula is C16H24N4. The highest BCUT2D eigenvalue weighted by Crippen LogP contribution is 2.27. The Kier molecular flexibility index (Phi) is 4.55. The van der Waals surface area contributed by atoms with Crippen LogP contribution in [-0.2, 0) is 12.0 Å². The lowest BCUT2D eigenvalue weighted by atomic mass is 9.86. The maximum Gasteiger partial charge on any atom is 0.0969 e. The van der Waals surface area contributed by atoms with Gasteiger partial charge < -0.3 is 5.32 Å². The van der Waals surface area contributed by atoms with Crippen LogP contribution in [0.4, 0.5) is 0 Å². The molecule has 0 fully saturated rings. The van der Waals surface area contributed by atoms with Crippen molar-refractivity contribution < 1.29 is 0 Å². The standard InChI is InChI=1S/C16H24N4/c1-5-10-17-11-13-12-20(19-18-13)15-9-7-6-8-14(15)16(2,3)4/h6-9,12,17H,5,10-11H2,1-4H3. The van der Waals surface area contributed by atoms with E-state index in [1.165, 1.54) is 5.56 Å². The van der Waals surface area contributed by atoms with Crippen LogP contribution in [0.25, 0.3) is 5.69 Å². The fourth-order valence-corrected chi connectivity index (χ4v) is 2.20. The van der Waals surface area contributed by atoms with Crippen LogP contribution in [0.1, 0.15) is 45.4 Å². The summed E-state index contributed by atoms with van der Waals surface area (Å²) in [5, 5.41) is 11.8. The van der Waals surface area contributed by atoms with Crippen LogP contribution < -0.4 is 5.32 Å². The van der Waals surface area contributed by atoms with Crippen molar-refractivity contribution >= 4 is 0 Å². The number of nitrogens with one attached hydrogen (secondary N) is 1. The van der Waals surface area contributed by atoms with E-state index in [2.05, 4.69) is 61.5 Å². The molecule has 0 spiro atoms. The zero-order chi connectivity index (χ0) is 14.6. The summed E-state index contributed by atoms with van der Waals surface area (Å²) in [6.45, 7) is 10.6. The third-order valence-corrected chi connectivity index (χ3v) is 3.23. The predicted molar refractivity (Wildman–Crippen MR) is 82.1 cm³/mol. The molecule has 0 amide bonds. The zero-order valence-corrected chi connectivity index (χ0v) is 12.8. The van der Waals surface area contributed by atoms with Gasteiger partial charge in [0.05, 0.1) is 17.6 Å². The van der Waals surface area contributed by atoms with Crippen molar-refractivity contribution in [3.63, 3.8) is 0 Å². The Morgan fingerprint density at radius 2 is 1.95 bits per heavy atom. The summed E-state index contributed by atoms with van der Waals surface area (Å²) in [4.78, 5) is 0. The van der Waals surface area contributed by atoms with Crippen LogP contribution in [-0.4, -0.2) is 21.5 Å². The number of aromatic nitrogens is 3. The van der Waals surface area contributed by atoms with Gasteiger partial charge in [-0.2, -0.15) is 0 Å². The van der Waals surface area contributed by atoms with E-state index >= 15 is 0 Å². The quantitative estimate of drug-likeness (QED) is 0.851. The van der Waals surface area contributed by atoms with E-state index in [-0.39, 0.29) is 5.41 Å². The molecule has 2 aromatic rings. The van der Waals surface area contributed by atoms with Crippen LogP contribution in [0.5, 0.6) is 0 Å². The molecule has 0 unspecified atom stereocenters. The Bertz CT molecular complexity index is 552. The topological polar surface area (TPSA) is 42.7 Å². The van der Waals surface area contributed by atoms with E-state index in [1.54, 1.807) is 0 Å². The summed E-state index contributed by atoms with van der Waals surface area (Å²) in [7, 11) is 0. The van der Waals surface area contributed by atoms with Gasteiger partial charge in [0, 0.05) is 6.54 Å². The van der Waals surface area contributed by atoms with Crippen LogP contribution in [0, 0.1) is 0 Å². The molecule has 108 valence electrons. The summed E-state index contributed by atoms with van der Waals surface area (Å²) in [6, 6.07) is 8.37. The first-order valence-corrected chi connectivity index (χ1v) is 7.24. The Morgan fingerprint density at radius 3 is 2.65 bits per heavy atom. The summed E-state index contributed by atoms with van der Waals surface area (Å²) in [6.07, 6.45) is 3.13. The Hall–Kier alpha value is -1.68. The van der Waals surface area contributed by atoms with Crippen molar-refractivity contribution in [3.8, 4) is 5.69 Å². The van der Waals surface area contributed by atoms with Gasteiger partial charge in [0.25, 0.3) is 0 Å². The van der Waals surface area contributed by atoms with Gasteiger partial charge in [-0.25, -0.2) is 4.68 Å². The van der Waals surface area contributed by atoms with E-state index in [1.807, 2.05) is 16.9 Å². The molecule has 0 saturated carbocycles. The lowest BCUT2D eigenvalue weighted by Crippen LogP contribution is -2.15.